The van der Waals surface area contributed by atoms with E-state index in [0.717, 1.165) is 6.20 Å². The van der Waals surface area contributed by atoms with Gasteiger partial charge in [-0.2, -0.15) is 13.2 Å². The fourth-order valence-electron chi connectivity index (χ4n) is 2.67. The lowest BCUT2D eigenvalue weighted by molar-refractivity contribution is -0.141. The van der Waals surface area contributed by atoms with Crippen molar-refractivity contribution in [3.05, 3.63) is 42.2 Å². The number of anilines is 1. The topological polar surface area (TPSA) is 71.8 Å². The zero-order valence-corrected chi connectivity index (χ0v) is 12.7. The third kappa shape index (κ3) is 3.84. The van der Waals surface area contributed by atoms with E-state index in [1.54, 1.807) is 18.3 Å². The van der Waals surface area contributed by atoms with Gasteiger partial charge in [0.05, 0.1) is 11.9 Å². The van der Waals surface area contributed by atoms with Crippen LogP contribution in [-0.4, -0.2) is 27.1 Å². The molecule has 1 atom stereocenters. The Labute approximate surface area is 136 Å². The van der Waals surface area contributed by atoms with Crippen LogP contribution in [-0.2, 0) is 19.1 Å². The highest BCUT2D eigenvalue weighted by atomic mass is 19.4. The molecule has 2 amide bonds. The number of aromatic nitrogens is 3. The van der Waals surface area contributed by atoms with Crippen LogP contribution in [0.2, 0.25) is 0 Å². The minimum Gasteiger partial charge on any atom is -0.338 e. The molecule has 128 valence electrons. The second-order valence-corrected chi connectivity index (χ2v) is 5.67. The number of halogens is 3. The molecule has 2 N–H and O–H groups in total. The van der Waals surface area contributed by atoms with Gasteiger partial charge in [-0.25, -0.2) is 9.78 Å². The van der Waals surface area contributed by atoms with Gasteiger partial charge in [-0.05, 0) is 24.5 Å². The number of nitrogens with zero attached hydrogens (tertiary/aromatic N) is 3. The average Bonchev–Trinajstić information content (AvgIpc) is 2.97. The van der Waals surface area contributed by atoms with Gasteiger partial charge in [0, 0.05) is 31.9 Å². The van der Waals surface area contributed by atoms with E-state index in [1.165, 1.54) is 10.8 Å². The van der Waals surface area contributed by atoms with Gasteiger partial charge in [-0.1, -0.05) is 0 Å². The van der Waals surface area contributed by atoms with Crippen LogP contribution in [0.5, 0.6) is 0 Å². The number of pyridine rings is 1. The maximum atomic E-state index is 12.7. The molecule has 0 aliphatic carbocycles. The Kier molecular flexibility index (Phi) is 4.41. The third-order valence-electron chi connectivity index (χ3n) is 3.85. The van der Waals surface area contributed by atoms with Gasteiger partial charge in [-0.15, -0.1) is 0 Å². The predicted octanol–water partition coefficient (Wildman–Crippen LogP) is 2.68. The van der Waals surface area contributed by atoms with Crippen molar-refractivity contribution in [2.45, 2.75) is 25.6 Å². The second kappa shape index (κ2) is 6.50. The van der Waals surface area contributed by atoms with Crippen molar-refractivity contribution in [1.82, 2.24) is 19.9 Å². The molecule has 1 aliphatic heterocycles. The summed E-state index contributed by atoms with van der Waals surface area (Å²) in [6.45, 7) is 0.788. The quantitative estimate of drug-likeness (QED) is 0.903. The summed E-state index contributed by atoms with van der Waals surface area (Å²) < 4.78 is 39.6. The maximum Gasteiger partial charge on any atom is 0.434 e. The molecule has 0 aromatic carbocycles. The summed E-state index contributed by atoms with van der Waals surface area (Å²) in [5.74, 6) is 0.505. The van der Waals surface area contributed by atoms with Crippen LogP contribution >= 0.6 is 0 Å². The summed E-state index contributed by atoms with van der Waals surface area (Å²) in [5, 5.41) is 5.38. The Hall–Kier alpha value is -2.58. The molecule has 3 heterocycles. The molecule has 0 fully saturated rings. The van der Waals surface area contributed by atoms with Crippen molar-refractivity contribution in [2.24, 2.45) is 5.92 Å². The third-order valence-corrected chi connectivity index (χ3v) is 3.85. The van der Waals surface area contributed by atoms with E-state index in [0.29, 0.717) is 37.4 Å². The van der Waals surface area contributed by atoms with Crippen LogP contribution in [0, 0.1) is 5.92 Å². The molecule has 2 aromatic rings. The van der Waals surface area contributed by atoms with Crippen molar-refractivity contribution < 1.29 is 18.0 Å². The highest BCUT2D eigenvalue weighted by Crippen LogP contribution is 2.30. The van der Waals surface area contributed by atoms with Gasteiger partial charge in [-0.3, -0.25) is 4.98 Å². The van der Waals surface area contributed by atoms with E-state index < -0.39 is 11.9 Å². The summed E-state index contributed by atoms with van der Waals surface area (Å²) in [6.07, 6.45) is 0.882. The van der Waals surface area contributed by atoms with Gasteiger partial charge in [0.15, 0.2) is 5.69 Å². The molecule has 0 unspecified atom stereocenters. The fourth-order valence-corrected chi connectivity index (χ4v) is 2.67. The molecule has 1 aliphatic rings. The number of hydrogen-bond acceptors (Lipinski definition) is 3. The monoisotopic (exact) mass is 339 g/mol. The summed E-state index contributed by atoms with van der Waals surface area (Å²) in [5.41, 5.74) is -0.286. The van der Waals surface area contributed by atoms with E-state index in [4.69, 9.17) is 0 Å². The largest absolute Gasteiger partial charge is 0.434 e. The summed E-state index contributed by atoms with van der Waals surface area (Å²) in [7, 11) is 0. The molecular formula is C15H16F3N5O. The van der Waals surface area contributed by atoms with Gasteiger partial charge >= 0.3 is 12.2 Å². The van der Waals surface area contributed by atoms with Gasteiger partial charge in [0.1, 0.15) is 5.82 Å². The minimum absolute atomic E-state index is 0.0624. The highest BCUT2D eigenvalue weighted by Gasteiger charge is 2.35. The first-order chi connectivity index (χ1) is 11.4. The first kappa shape index (κ1) is 16.3. The van der Waals surface area contributed by atoms with Crippen LogP contribution < -0.4 is 10.6 Å². The van der Waals surface area contributed by atoms with E-state index >= 15 is 0 Å². The molecule has 0 radical (unpaired) electrons. The molecule has 0 bridgehead atoms. The normalized spacial score (nSPS) is 17.2. The molecule has 2 aromatic heterocycles. The SMILES string of the molecule is O=C(NC[C@@H]1CCc2nc(C(F)(F)F)cn2C1)Nc1cccnc1. The number of carbonyl (C=O) groups is 1. The number of fused-ring (bicyclic) bond motifs is 1. The van der Waals surface area contributed by atoms with Gasteiger partial charge in [0.25, 0.3) is 0 Å². The van der Waals surface area contributed by atoms with Crippen molar-refractivity contribution in [3.63, 3.8) is 0 Å². The van der Waals surface area contributed by atoms with Crippen LogP contribution in [0.3, 0.4) is 0 Å². The molecule has 9 heteroatoms. The van der Waals surface area contributed by atoms with Gasteiger partial charge < -0.3 is 15.2 Å². The molecule has 24 heavy (non-hydrogen) atoms. The van der Waals surface area contributed by atoms with Crippen molar-refractivity contribution in [3.8, 4) is 0 Å². The zero-order chi connectivity index (χ0) is 17.2. The molecule has 6 nitrogen and oxygen atoms in total. The van der Waals surface area contributed by atoms with Crippen LogP contribution in [0.25, 0.3) is 0 Å². The number of urea groups is 1. The Bertz CT molecular complexity index is 714. The summed E-state index contributed by atoms with van der Waals surface area (Å²) in [4.78, 5) is 19.3. The molecular weight excluding hydrogens is 323 g/mol. The minimum atomic E-state index is -4.43. The first-order valence-corrected chi connectivity index (χ1v) is 7.50. The van der Waals surface area contributed by atoms with E-state index in [-0.39, 0.29) is 11.9 Å². The number of imidazole rings is 1. The van der Waals surface area contributed by atoms with Crippen LogP contribution in [0.15, 0.2) is 30.7 Å². The molecule has 0 spiro atoms. The highest BCUT2D eigenvalue weighted by molar-refractivity contribution is 5.88. The zero-order valence-electron chi connectivity index (χ0n) is 12.7. The first-order valence-electron chi connectivity index (χ1n) is 7.50. The Morgan fingerprint density at radius 2 is 2.25 bits per heavy atom. The van der Waals surface area contributed by atoms with Crippen molar-refractivity contribution in [1.29, 1.82) is 0 Å². The smallest absolute Gasteiger partial charge is 0.338 e. The maximum absolute atomic E-state index is 12.7. The van der Waals surface area contributed by atoms with E-state index in [2.05, 4.69) is 20.6 Å². The van der Waals surface area contributed by atoms with Crippen molar-refractivity contribution in [2.75, 3.05) is 11.9 Å². The fraction of sp³-hybridized carbons (Fsp3) is 0.400. The number of alkyl halides is 3. The Morgan fingerprint density at radius 1 is 1.42 bits per heavy atom. The summed E-state index contributed by atoms with van der Waals surface area (Å²) >= 11 is 0. The number of nitrogens with one attached hydrogen (secondary N) is 2. The molecule has 0 saturated carbocycles. The number of amides is 2. The second-order valence-electron chi connectivity index (χ2n) is 5.67. The predicted molar refractivity (Wildman–Crippen MR) is 80.3 cm³/mol. The number of aryl methyl sites for hydroxylation is 1. The van der Waals surface area contributed by atoms with Crippen molar-refractivity contribution >= 4 is 11.7 Å². The van der Waals surface area contributed by atoms with Crippen LogP contribution in [0.1, 0.15) is 17.9 Å². The lowest BCUT2D eigenvalue weighted by atomic mass is 9.99. The lowest BCUT2D eigenvalue weighted by Gasteiger charge is -2.23. The average molecular weight is 339 g/mol. The number of hydrogen-bond donors (Lipinski definition) is 2. The number of carbonyl (C=O) groups excluding carboxylic acids is 1. The molecule has 0 saturated heterocycles. The lowest BCUT2D eigenvalue weighted by Crippen LogP contribution is -2.36. The standard InChI is InChI=1S/C15H16F3N5O/c16-15(17,18)12-9-23-8-10(3-4-13(23)22-12)6-20-14(24)21-11-2-1-5-19-7-11/h1-2,5,7,9-10H,3-4,6,8H2,(H2,20,21,24)/t10-/m0/s1. The number of rotatable bonds is 3. The van der Waals surface area contributed by atoms with E-state index in [1.807, 2.05) is 0 Å². The Morgan fingerprint density at radius 3 is 2.96 bits per heavy atom. The van der Waals surface area contributed by atoms with Crippen LogP contribution in [0.4, 0.5) is 23.7 Å². The summed E-state index contributed by atoms with van der Waals surface area (Å²) in [6, 6.07) is 3.05. The van der Waals surface area contributed by atoms with E-state index in [9.17, 15) is 18.0 Å². The Balaban J connectivity index is 1.53. The molecule has 3 rings (SSSR count). The van der Waals surface area contributed by atoms with Gasteiger partial charge in [0.2, 0.25) is 0 Å².